The highest BCUT2D eigenvalue weighted by Gasteiger charge is 2.17. The number of hydrogen-bond donors (Lipinski definition) is 1. The highest BCUT2D eigenvalue weighted by molar-refractivity contribution is 5.05. The Morgan fingerprint density at radius 3 is 2.60 bits per heavy atom. The van der Waals surface area contributed by atoms with Crippen LogP contribution in [0, 0.1) is 5.92 Å². The second-order valence-electron chi connectivity index (χ2n) is 5.12. The van der Waals surface area contributed by atoms with Crippen molar-refractivity contribution in [3.63, 3.8) is 0 Å². The third kappa shape index (κ3) is 4.00. The predicted octanol–water partition coefficient (Wildman–Crippen LogP) is 1.91. The van der Waals surface area contributed by atoms with E-state index < -0.39 is 5.54 Å². The Balaban J connectivity index is 2.47. The predicted molar refractivity (Wildman–Crippen MR) is 61.3 cm³/mol. The van der Waals surface area contributed by atoms with Gasteiger partial charge in [0.25, 0.3) is 0 Å². The van der Waals surface area contributed by atoms with Crippen LogP contribution in [0.15, 0.2) is 6.20 Å². The normalized spacial score (nSPS) is 12.4. The molecule has 15 heavy (non-hydrogen) atoms. The molecule has 0 radical (unpaired) electrons. The van der Waals surface area contributed by atoms with Crippen LogP contribution < -0.4 is 5.73 Å². The van der Waals surface area contributed by atoms with Gasteiger partial charge in [-0.1, -0.05) is 19.1 Å². The van der Waals surface area contributed by atoms with Crippen molar-refractivity contribution in [3.05, 3.63) is 11.9 Å². The molecule has 0 aliphatic rings. The number of rotatable bonds is 5. The monoisotopic (exact) mass is 210 g/mol. The highest BCUT2D eigenvalue weighted by atomic mass is 15.4. The molecule has 0 unspecified atom stereocenters. The minimum atomic E-state index is -0.393. The van der Waals surface area contributed by atoms with E-state index in [-0.39, 0.29) is 0 Å². The Labute approximate surface area is 91.9 Å². The number of nitrogens with zero attached hydrogens (tertiary/aromatic N) is 3. The molecule has 0 spiro atoms. The van der Waals surface area contributed by atoms with Gasteiger partial charge >= 0.3 is 0 Å². The summed E-state index contributed by atoms with van der Waals surface area (Å²) < 4.78 is 1.88. The fourth-order valence-electron chi connectivity index (χ4n) is 1.36. The van der Waals surface area contributed by atoms with E-state index in [1.807, 2.05) is 24.7 Å². The van der Waals surface area contributed by atoms with Crippen molar-refractivity contribution in [3.8, 4) is 0 Å². The van der Waals surface area contributed by atoms with E-state index in [9.17, 15) is 0 Å². The molecule has 1 rings (SSSR count). The number of aryl methyl sites for hydroxylation is 1. The third-order valence-electron chi connectivity index (χ3n) is 2.37. The van der Waals surface area contributed by atoms with Crippen molar-refractivity contribution in [1.29, 1.82) is 0 Å². The van der Waals surface area contributed by atoms with Crippen LogP contribution >= 0.6 is 0 Å². The van der Waals surface area contributed by atoms with Gasteiger partial charge in [-0.05, 0) is 32.6 Å². The summed E-state index contributed by atoms with van der Waals surface area (Å²) in [5.41, 5.74) is 6.39. The van der Waals surface area contributed by atoms with E-state index >= 15 is 0 Å². The van der Waals surface area contributed by atoms with Crippen LogP contribution in [0.3, 0.4) is 0 Å². The summed E-state index contributed by atoms with van der Waals surface area (Å²) in [7, 11) is 0. The molecule has 4 heteroatoms. The fraction of sp³-hybridized carbons (Fsp3) is 0.818. The number of hydrogen-bond acceptors (Lipinski definition) is 3. The zero-order valence-electron chi connectivity index (χ0n) is 10.2. The number of aromatic nitrogens is 3. The van der Waals surface area contributed by atoms with Crippen LogP contribution in [0.1, 0.15) is 46.2 Å². The summed E-state index contributed by atoms with van der Waals surface area (Å²) in [6.07, 6.45) is 4.31. The Bertz CT molecular complexity index is 296. The van der Waals surface area contributed by atoms with Crippen molar-refractivity contribution in [2.75, 3.05) is 0 Å². The first-order chi connectivity index (χ1) is 6.89. The van der Waals surface area contributed by atoms with Crippen molar-refractivity contribution in [1.82, 2.24) is 15.0 Å². The Hall–Kier alpha value is -0.900. The van der Waals surface area contributed by atoms with E-state index in [0.29, 0.717) is 0 Å². The van der Waals surface area contributed by atoms with E-state index in [0.717, 1.165) is 24.6 Å². The summed E-state index contributed by atoms with van der Waals surface area (Å²) in [6, 6.07) is 0. The van der Waals surface area contributed by atoms with Crippen LogP contribution in [-0.4, -0.2) is 15.0 Å². The quantitative estimate of drug-likeness (QED) is 0.807. The van der Waals surface area contributed by atoms with Crippen LogP contribution in [0.25, 0.3) is 0 Å². The molecule has 0 aliphatic carbocycles. The van der Waals surface area contributed by atoms with Gasteiger partial charge in [0.15, 0.2) is 0 Å². The molecule has 1 aromatic rings. The number of nitrogens with two attached hydrogens (primary N) is 1. The van der Waals surface area contributed by atoms with Gasteiger partial charge in [0.2, 0.25) is 0 Å². The second-order valence-corrected chi connectivity index (χ2v) is 5.12. The standard InChI is InChI=1S/C11H22N4/c1-9(2)6-5-7-15-8-10(13-14-15)11(3,4)12/h8-9H,5-7,12H2,1-4H3. The van der Waals surface area contributed by atoms with Crippen LogP contribution in [0.2, 0.25) is 0 Å². The Kier molecular flexibility index (Phi) is 3.85. The molecule has 0 saturated heterocycles. The maximum absolute atomic E-state index is 5.93. The van der Waals surface area contributed by atoms with Crippen LogP contribution in [0.5, 0.6) is 0 Å². The van der Waals surface area contributed by atoms with Crippen molar-refractivity contribution in [2.45, 2.75) is 52.6 Å². The lowest BCUT2D eigenvalue weighted by Gasteiger charge is -2.13. The first-order valence-electron chi connectivity index (χ1n) is 5.59. The van der Waals surface area contributed by atoms with E-state index in [2.05, 4.69) is 24.2 Å². The average Bonchev–Trinajstić information content (AvgIpc) is 2.51. The van der Waals surface area contributed by atoms with Gasteiger partial charge in [-0.2, -0.15) is 0 Å². The first-order valence-corrected chi connectivity index (χ1v) is 5.59. The van der Waals surface area contributed by atoms with Gasteiger partial charge in [0.1, 0.15) is 5.69 Å². The summed E-state index contributed by atoms with van der Waals surface area (Å²) in [5, 5.41) is 8.14. The van der Waals surface area contributed by atoms with Crippen LogP contribution in [-0.2, 0) is 12.1 Å². The largest absolute Gasteiger partial charge is 0.320 e. The van der Waals surface area contributed by atoms with Gasteiger partial charge in [-0.3, -0.25) is 4.68 Å². The minimum absolute atomic E-state index is 0.393. The van der Waals surface area contributed by atoms with Crippen molar-refractivity contribution >= 4 is 0 Å². The molecular formula is C11H22N4. The lowest BCUT2D eigenvalue weighted by Crippen LogP contribution is -2.29. The van der Waals surface area contributed by atoms with Gasteiger partial charge in [-0.25, -0.2) is 0 Å². The van der Waals surface area contributed by atoms with E-state index in [1.165, 1.54) is 6.42 Å². The summed E-state index contributed by atoms with van der Waals surface area (Å²) in [4.78, 5) is 0. The summed E-state index contributed by atoms with van der Waals surface area (Å²) in [6.45, 7) is 9.28. The molecule has 1 aromatic heterocycles. The minimum Gasteiger partial charge on any atom is -0.320 e. The van der Waals surface area contributed by atoms with Gasteiger partial charge in [-0.15, -0.1) is 5.10 Å². The zero-order chi connectivity index (χ0) is 11.5. The highest BCUT2D eigenvalue weighted by Crippen LogP contribution is 2.13. The lowest BCUT2D eigenvalue weighted by molar-refractivity contribution is 0.482. The molecule has 0 fully saturated rings. The first kappa shape index (κ1) is 12.2. The molecule has 2 N–H and O–H groups in total. The van der Waals surface area contributed by atoms with Gasteiger partial charge < -0.3 is 5.73 Å². The molecule has 1 heterocycles. The SMILES string of the molecule is CC(C)CCCn1cc(C(C)(C)N)nn1. The fourth-order valence-corrected chi connectivity index (χ4v) is 1.36. The maximum atomic E-state index is 5.93. The molecule has 0 bridgehead atoms. The average molecular weight is 210 g/mol. The van der Waals surface area contributed by atoms with E-state index in [4.69, 9.17) is 5.73 Å². The van der Waals surface area contributed by atoms with Gasteiger partial charge in [0.05, 0.1) is 11.7 Å². The summed E-state index contributed by atoms with van der Waals surface area (Å²) in [5.74, 6) is 0.749. The Morgan fingerprint density at radius 2 is 2.13 bits per heavy atom. The topological polar surface area (TPSA) is 56.7 Å². The molecule has 0 aliphatic heterocycles. The molecular weight excluding hydrogens is 188 g/mol. The third-order valence-corrected chi connectivity index (χ3v) is 2.37. The lowest BCUT2D eigenvalue weighted by atomic mass is 10.0. The molecule has 0 amide bonds. The van der Waals surface area contributed by atoms with Gasteiger partial charge in [0, 0.05) is 6.54 Å². The van der Waals surface area contributed by atoms with Crippen molar-refractivity contribution in [2.24, 2.45) is 11.7 Å². The Morgan fingerprint density at radius 1 is 1.47 bits per heavy atom. The molecule has 0 atom stereocenters. The molecule has 0 saturated carbocycles. The molecule has 0 aromatic carbocycles. The zero-order valence-corrected chi connectivity index (χ0v) is 10.2. The second kappa shape index (κ2) is 4.75. The summed E-state index contributed by atoms with van der Waals surface area (Å²) >= 11 is 0. The smallest absolute Gasteiger partial charge is 0.102 e. The van der Waals surface area contributed by atoms with Crippen molar-refractivity contribution < 1.29 is 0 Å². The van der Waals surface area contributed by atoms with E-state index in [1.54, 1.807) is 0 Å². The molecule has 86 valence electrons. The maximum Gasteiger partial charge on any atom is 0.102 e. The molecule has 4 nitrogen and oxygen atoms in total. The van der Waals surface area contributed by atoms with Crippen LogP contribution in [0.4, 0.5) is 0 Å².